The summed E-state index contributed by atoms with van der Waals surface area (Å²) in [5.74, 6) is -0.920. The van der Waals surface area contributed by atoms with Crippen molar-refractivity contribution in [2.24, 2.45) is 0 Å². The van der Waals surface area contributed by atoms with E-state index >= 15 is 0 Å². The maximum atomic E-state index is 13.2. The van der Waals surface area contributed by atoms with E-state index in [2.05, 4.69) is 11.8 Å². The summed E-state index contributed by atoms with van der Waals surface area (Å²) in [6.45, 7) is 9.37. The second-order valence-electron chi connectivity index (χ2n) is 8.42. The van der Waals surface area contributed by atoms with Crippen LogP contribution in [0.4, 0.5) is 0 Å². The van der Waals surface area contributed by atoms with Gasteiger partial charge in [-0.2, -0.15) is 0 Å². The number of rotatable bonds is 11. The number of aliphatic hydroxyl groups is 1. The number of ether oxygens (including phenoxy) is 1. The third kappa shape index (κ3) is 6.18. The Labute approximate surface area is 217 Å². The molecule has 8 heteroatoms. The fourth-order valence-corrected chi connectivity index (χ4v) is 4.43. The number of hydrogen-bond donors (Lipinski definition) is 1. The molecule has 0 aliphatic carbocycles. The highest BCUT2D eigenvalue weighted by Gasteiger charge is 2.46. The van der Waals surface area contributed by atoms with Gasteiger partial charge in [0, 0.05) is 18.7 Å². The number of amides is 1. The van der Waals surface area contributed by atoms with Crippen LogP contribution in [0.15, 0.2) is 48.0 Å². The van der Waals surface area contributed by atoms with Crippen LogP contribution in [0.2, 0.25) is 10.0 Å². The number of nitrogens with zero attached hydrogens (tertiary/aromatic N) is 2. The number of hydrogen-bond acceptors (Lipinski definition) is 5. The van der Waals surface area contributed by atoms with Crippen molar-refractivity contribution >= 4 is 40.7 Å². The molecule has 1 unspecified atom stereocenters. The Morgan fingerprint density at radius 1 is 1.03 bits per heavy atom. The first-order valence-corrected chi connectivity index (χ1v) is 12.8. The average molecular weight is 519 g/mol. The molecule has 1 heterocycles. The van der Waals surface area contributed by atoms with Gasteiger partial charge in [-0.1, -0.05) is 56.5 Å². The Balaban J connectivity index is 2.02. The lowest BCUT2D eigenvalue weighted by molar-refractivity contribution is -0.140. The first kappa shape index (κ1) is 27.1. The number of unbranched alkanes of at least 4 members (excludes halogenated alkanes) is 1. The number of carbonyl (C=O) groups is 2. The zero-order valence-electron chi connectivity index (χ0n) is 20.4. The van der Waals surface area contributed by atoms with E-state index in [9.17, 15) is 14.7 Å². The van der Waals surface area contributed by atoms with E-state index in [4.69, 9.17) is 27.9 Å². The maximum Gasteiger partial charge on any atom is 0.295 e. The van der Waals surface area contributed by atoms with Gasteiger partial charge >= 0.3 is 0 Å². The third-order valence-electron chi connectivity index (χ3n) is 6.25. The minimum atomic E-state index is -0.777. The predicted molar refractivity (Wildman–Crippen MR) is 140 cm³/mol. The van der Waals surface area contributed by atoms with Gasteiger partial charge < -0.3 is 19.6 Å². The van der Waals surface area contributed by atoms with E-state index < -0.39 is 17.7 Å². The summed E-state index contributed by atoms with van der Waals surface area (Å²) < 4.78 is 5.69. The van der Waals surface area contributed by atoms with Crippen LogP contribution >= 0.6 is 23.2 Å². The van der Waals surface area contributed by atoms with Crippen LogP contribution < -0.4 is 4.74 Å². The van der Waals surface area contributed by atoms with E-state index in [0.29, 0.717) is 46.6 Å². The number of carbonyl (C=O) groups excluding carboxylic acids is 2. The highest BCUT2D eigenvalue weighted by molar-refractivity contribution is 6.46. The monoisotopic (exact) mass is 518 g/mol. The molecule has 2 aromatic rings. The van der Waals surface area contributed by atoms with Crippen molar-refractivity contribution in [3.63, 3.8) is 0 Å². The molecule has 0 aromatic heterocycles. The minimum Gasteiger partial charge on any atom is -0.507 e. The number of benzene rings is 2. The van der Waals surface area contributed by atoms with E-state index in [1.165, 1.54) is 4.90 Å². The molecule has 3 rings (SSSR count). The van der Waals surface area contributed by atoms with Crippen molar-refractivity contribution in [1.82, 2.24) is 9.80 Å². The van der Waals surface area contributed by atoms with Crippen LogP contribution in [0, 0.1) is 0 Å². The number of halogens is 2. The van der Waals surface area contributed by atoms with Crippen LogP contribution in [0.1, 0.15) is 50.8 Å². The number of likely N-dealkylation sites (N-methyl/N-ethyl adjacent to an activating group) is 1. The van der Waals surface area contributed by atoms with Gasteiger partial charge in [-0.3, -0.25) is 9.59 Å². The average Bonchev–Trinajstić information content (AvgIpc) is 3.11. The zero-order valence-corrected chi connectivity index (χ0v) is 21.9. The molecule has 2 aromatic carbocycles. The molecule has 1 aliphatic rings. The molecule has 1 amide bonds. The standard InChI is InChI=1S/C27H32Cl2N2O4/c1-4-7-16-35-20-11-8-18(9-12-20)25(32)23-24(19-10-13-21(28)22(29)17-19)31(27(34)26(23)33)15-14-30(5-2)6-3/h8-13,17,24,32H,4-7,14-16H2,1-3H3/b25-23+. The van der Waals surface area contributed by atoms with Gasteiger partial charge in [-0.15, -0.1) is 0 Å². The molecule has 1 atom stereocenters. The largest absolute Gasteiger partial charge is 0.507 e. The molecule has 6 nitrogen and oxygen atoms in total. The van der Waals surface area contributed by atoms with Crippen molar-refractivity contribution in [1.29, 1.82) is 0 Å². The minimum absolute atomic E-state index is 0.0348. The van der Waals surface area contributed by atoms with Gasteiger partial charge in [0.05, 0.1) is 28.3 Å². The van der Waals surface area contributed by atoms with Crippen molar-refractivity contribution < 1.29 is 19.4 Å². The summed E-state index contributed by atoms with van der Waals surface area (Å²) in [4.78, 5) is 30.0. The summed E-state index contributed by atoms with van der Waals surface area (Å²) in [5, 5.41) is 11.9. The molecule has 35 heavy (non-hydrogen) atoms. The SMILES string of the molecule is CCCCOc1ccc(/C(O)=C2\C(=O)C(=O)N(CCN(CC)CC)C2c2ccc(Cl)c(Cl)c2)cc1. The van der Waals surface area contributed by atoms with Gasteiger partial charge in [0.25, 0.3) is 11.7 Å². The molecule has 1 N–H and O–H groups in total. The van der Waals surface area contributed by atoms with Crippen LogP contribution in [0.3, 0.4) is 0 Å². The topological polar surface area (TPSA) is 70.1 Å². The summed E-state index contributed by atoms with van der Waals surface area (Å²) in [5.41, 5.74) is 1.08. The Morgan fingerprint density at radius 3 is 2.31 bits per heavy atom. The number of likely N-dealkylation sites (tertiary alicyclic amines) is 1. The van der Waals surface area contributed by atoms with Gasteiger partial charge in [0.15, 0.2) is 0 Å². The van der Waals surface area contributed by atoms with Gasteiger partial charge in [-0.05, 0) is 61.5 Å². The highest BCUT2D eigenvalue weighted by Crippen LogP contribution is 2.41. The summed E-state index contributed by atoms with van der Waals surface area (Å²) in [6, 6.07) is 11.1. The molecule has 0 bridgehead atoms. The Hall–Kier alpha value is -2.54. The van der Waals surface area contributed by atoms with Crippen molar-refractivity contribution in [2.45, 2.75) is 39.7 Å². The number of ketones is 1. The normalized spacial score (nSPS) is 17.4. The van der Waals surface area contributed by atoms with Gasteiger partial charge in [-0.25, -0.2) is 0 Å². The first-order chi connectivity index (χ1) is 16.8. The molecule has 0 saturated carbocycles. The van der Waals surface area contributed by atoms with E-state index in [1.54, 1.807) is 42.5 Å². The van der Waals surface area contributed by atoms with Crippen molar-refractivity contribution in [3.8, 4) is 5.75 Å². The Bertz CT molecular complexity index is 1080. The lowest BCUT2D eigenvalue weighted by Gasteiger charge is -2.28. The molecule has 0 spiro atoms. The smallest absolute Gasteiger partial charge is 0.295 e. The van der Waals surface area contributed by atoms with Crippen molar-refractivity contribution in [2.75, 3.05) is 32.8 Å². The molecule has 0 radical (unpaired) electrons. The summed E-state index contributed by atoms with van der Waals surface area (Å²) in [6.07, 6.45) is 1.98. The van der Waals surface area contributed by atoms with Crippen LogP contribution in [0.25, 0.3) is 5.76 Å². The molecular formula is C27H32Cl2N2O4. The van der Waals surface area contributed by atoms with Crippen LogP contribution in [-0.2, 0) is 9.59 Å². The highest BCUT2D eigenvalue weighted by atomic mass is 35.5. The van der Waals surface area contributed by atoms with E-state index in [1.807, 2.05) is 13.8 Å². The van der Waals surface area contributed by atoms with Gasteiger partial charge in [0.1, 0.15) is 11.5 Å². The Morgan fingerprint density at radius 2 is 1.71 bits per heavy atom. The molecule has 188 valence electrons. The predicted octanol–water partition coefficient (Wildman–Crippen LogP) is 5.94. The zero-order chi connectivity index (χ0) is 25.5. The third-order valence-corrected chi connectivity index (χ3v) is 6.98. The fourth-order valence-electron chi connectivity index (χ4n) is 4.13. The number of aliphatic hydroxyl groups excluding tert-OH is 1. The lowest BCUT2D eigenvalue weighted by atomic mass is 9.95. The van der Waals surface area contributed by atoms with E-state index in [-0.39, 0.29) is 11.3 Å². The fraction of sp³-hybridized carbons (Fsp3) is 0.407. The van der Waals surface area contributed by atoms with Gasteiger partial charge in [0.2, 0.25) is 0 Å². The van der Waals surface area contributed by atoms with Crippen LogP contribution in [0.5, 0.6) is 5.75 Å². The molecule has 1 saturated heterocycles. The van der Waals surface area contributed by atoms with Crippen molar-refractivity contribution in [3.05, 3.63) is 69.2 Å². The second kappa shape index (κ2) is 12.4. The summed E-state index contributed by atoms with van der Waals surface area (Å²) in [7, 11) is 0. The lowest BCUT2D eigenvalue weighted by Crippen LogP contribution is -2.38. The second-order valence-corrected chi connectivity index (χ2v) is 9.23. The number of Topliss-reactive ketones (excluding diaryl/α,β-unsaturated/α-hetero) is 1. The summed E-state index contributed by atoms with van der Waals surface area (Å²) >= 11 is 12.4. The van der Waals surface area contributed by atoms with E-state index in [0.717, 1.165) is 25.9 Å². The maximum absolute atomic E-state index is 13.2. The van der Waals surface area contributed by atoms with Crippen LogP contribution in [-0.4, -0.2) is 59.4 Å². The quantitative estimate of drug-likeness (QED) is 0.172. The Kier molecular flexibility index (Phi) is 9.61. The molecule has 1 aliphatic heterocycles. The molecular weight excluding hydrogens is 487 g/mol. The first-order valence-electron chi connectivity index (χ1n) is 12.0. The molecule has 1 fully saturated rings.